The van der Waals surface area contributed by atoms with Gasteiger partial charge in [0, 0.05) is 97.1 Å². The van der Waals surface area contributed by atoms with Gasteiger partial charge in [-0.05, 0) is 38.8 Å². The Kier molecular flexibility index (Phi) is 9.34. The number of benzene rings is 1. The second-order valence-electron chi connectivity index (χ2n) is 11.9. The largest absolute Gasteiger partial charge is 0.508 e. The highest BCUT2D eigenvalue weighted by Crippen LogP contribution is 2.38. The van der Waals surface area contributed by atoms with Crippen molar-refractivity contribution in [1.82, 2.24) is 24.9 Å². The Labute approximate surface area is 247 Å². The molecule has 12 nitrogen and oxygen atoms in total. The summed E-state index contributed by atoms with van der Waals surface area (Å²) in [5, 5.41) is 13.5. The van der Waals surface area contributed by atoms with Gasteiger partial charge in [0.15, 0.2) is 5.79 Å². The van der Waals surface area contributed by atoms with Crippen LogP contribution in [0.5, 0.6) is 11.5 Å². The molecule has 0 atom stereocenters. The third-order valence-electron chi connectivity index (χ3n) is 8.68. The van der Waals surface area contributed by atoms with E-state index in [2.05, 4.69) is 15.1 Å². The van der Waals surface area contributed by atoms with Gasteiger partial charge in [0.25, 0.3) is 0 Å². The fourth-order valence-corrected chi connectivity index (χ4v) is 6.72. The van der Waals surface area contributed by atoms with Crippen LogP contribution in [0.15, 0.2) is 18.2 Å². The first-order valence-corrected chi connectivity index (χ1v) is 15.3. The van der Waals surface area contributed by atoms with E-state index >= 15 is 0 Å². The highest BCUT2D eigenvalue weighted by Gasteiger charge is 2.57. The Balaban J connectivity index is 1.41. The Hall–Kier alpha value is -3.22. The molecular weight excluding hydrogens is 540 g/mol. The highest BCUT2D eigenvalue weighted by atomic mass is 16.5. The first kappa shape index (κ1) is 30.2. The number of nitrogens with zero attached hydrogens (tertiary/aromatic N) is 5. The van der Waals surface area contributed by atoms with E-state index in [-0.39, 0.29) is 67.6 Å². The fraction of sp³-hybridized carbons (Fsp3) is 0.667. The molecule has 4 heterocycles. The van der Waals surface area contributed by atoms with E-state index < -0.39 is 5.79 Å². The van der Waals surface area contributed by atoms with Crippen LogP contribution in [0.25, 0.3) is 0 Å². The van der Waals surface area contributed by atoms with E-state index in [0.717, 1.165) is 11.4 Å². The molecule has 4 aliphatic rings. The van der Waals surface area contributed by atoms with Crippen LogP contribution in [-0.2, 0) is 19.2 Å². The molecule has 0 bridgehead atoms. The molecule has 0 radical (unpaired) electrons. The van der Waals surface area contributed by atoms with Gasteiger partial charge in [-0.3, -0.25) is 29.0 Å². The number of phenolic OH excluding ortho intramolecular Hbond substituents is 1. The zero-order chi connectivity index (χ0) is 29.9. The zero-order valence-corrected chi connectivity index (χ0v) is 24.8. The van der Waals surface area contributed by atoms with Crippen LogP contribution in [0.4, 0.5) is 5.69 Å². The predicted molar refractivity (Wildman–Crippen MR) is 156 cm³/mol. The Bertz CT molecular complexity index is 1110. The number of carbonyl (C=O) groups excluding carboxylic acids is 4. The number of carbonyl (C=O) groups is 4. The summed E-state index contributed by atoms with van der Waals surface area (Å²) in [6.07, 6.45) is 2.11. The molecule has 5 rings (SSSR count). The number of anilines is 1. The maximum absolute atomic E-state index is 13.5. The molecule has 0 saturated carbocycles. The van der Waals surface area contributed by atoms with Crippen molar-refractivity contribution in [2.24, 2.45) is 0 Å². The number of likely N-dealkylation sites (tertiary alicyclic amines) is 2. The van der Waals surface area contributed by atoms with Crippen molar-refractivity contribution < 1.29 is 29.0 Å². The summed E-state index contributed by atoms with van der Waals surface area (Å²) in [7, 11) is 0. The maximum Gasteiger partial charge on any atom is 0.232 e. The topological polar surface area (TPSA) is 126 Å². The maximum atomic E-state index is 13.5. The standard InChI is InChI=1S/C30H44N6O6/c1-22(2)42-25-10-9-23(37)21-24(25)33-19-17-32(18-20-33)14-11-30(34-15-12-31-13-16-34,35-26(38)5-3-6-27(35)39)36-28(40)7-4-8-29(36)41/h9-10,21-22,31,37H,3-8,11-20H2,1-2H3. The number of aromatic hydroxyl groups is 1. The number of phenols is 1. The van der Waals surface area contributed by atoms with Crippen molar-refractivity contribution in [3.63, 3.8) is 0 Å². The SMILES string of the molecule is CC(C)Oc1ccc(O)cc1N1CCN(CCC(N2CCNCC2)(N2C(=O)CCCC2=O)N2C(=O)CCCC2=O)CC1. The molecule has 0 unspecified atom stereocenters. The minimum absolute atomic E-state index is 0.00638. The summed E-state index contributed by atoms with van der Waals surface area (Å²) in [5.41, 5.74) is 0.840. The average Bonchev–Trinajstić information content (AvgIpc) is 2.97. The van der Waals surface area contributed by atoms with E-state index in [9.17, 15) is 24.3 Å². The molecule has 12 heteroatoms. The van der Waals surface area contributed by atoms with Crippen molar-refractivity contribution in [3.05, 3.63) is 18.2 Å². The minimum atomic E-state index is -1.45. The van der Waals surface area contributed by atoms with Crippen molar-refractivity contribution in [2.45, 2.75) is 70.7 Å². The monoisotopic (exact) mass is 584 g/mol. The van der Waals surface area contributed by atoms with Gasteiger partial charge in [0.1, 0.15) is 11.5 Å². The average molecular weight is 585 g/mol. The van der Waals surface area contributed by atoms with Crippen LogP contribution in [0, 0.1) is 0 Å². The molecule has 42 heavy (non-hydrogen) atoms. The number of nitrogens with one attached hydrogen (secondary N) is 1. The fourth-order valence-electron chi connectivity index (χ4n) is 6.72. The molecule has 1 aromatic rings. The second kappa shape index (κ2) is 13.0. The number of rotatable bonds is 9. The Morgan fingerprint density at radius 2 is 1.38 bits per heavy atom. The minimum Gasteiger partial charge on any atom is -0.508 e. The van der Waals surface area contributed by atoms with Gasteiger partial charge in [-0.1, -0.05) is 0 Å². The summed E-state index contributed by atoms with van der Waals surface area (Å²) in [4.78, 5) is 63.0. The van der Waals surface area contributed by atoms with Crippen LogP contribution in [0.1, 0.15) is 58.8 Å². The number of ether oxygens (including phenoxy) is 1. The van der Waals surface area contributed by atoms with Gasteiger partial charge < -0.3 is 20.1 Å². The molecule has 0 aromatic heterocycles. The molecular formula is C30H44N6O6. The summed E-state index contributed by atoms with van der Waals surface area (Å²) in [5.74, 6) is -1.82. The third-order valence-corrected chi connectivity index (χ3v) is 8.68. The van der Waals surface area contributed by atoms with Gasteiger partial charge in [-0.2, -0.15) is 0 Å². The van der Waals surface area contributed by atoms with Crippen molar-refractivity contribution in [2.75, 3.05) is 63.8 Å². The molecule has 0 aliphatic carbocycles. The van der Waals surface area contributed by atoms with E-state index in [1.54, 1.807) is 18.2 Å². The second-order valence-corrected chi connectivity index (χ2v) is 11.9. The summed E-state index contributed by atoms with van der Waals surface area (Å²) >= 11 is 0. The summed E-state index contributed by atoms with van der Waals surface area (Å²) in [6.45, 7) is 9.48. The van der Waals surface area contributed by atoms with Gasteiger partial charge in [0.2, 0.25) is 23.6 Å². The van der Waals surface area contributed by atoms with Crippen LogP contribution < -0.4 is 15.0 Å². The lowest BCUT2D eigenvalue weighted by Crippen LogP contribution is -2.77. The molecule has 4 fully saturated rings. The molecule has 230 valence electrons. The first-order valence-electron chi connectivity index (χ1n) is 15.3. The van der Waals surface area contributed by atoms with E-state index in [1.807, 2.05) is 18.7 Å². The number of piperidine rings is 2. The van der Waals surface area contributed by atoms with Gasteiger partial charge in [-0.25, -0.2) is 9.80 Å². The lowest BCUT2D eigenvalue weighted by atomic mass is 9.97. The van der Waals surface area contributed by atoms with Crippen molar-refractivity contribution in [1.29, 1.82) is 0 Å². The number of amides is 4. The summed E-state index contributed by atoms with van der Waals surface area (Å²) in [6, 6.07) is 5.14. The van der Waals surface area contributed by atoms with Gasteiger partial charge in [-0.15, -0.1) is 0 Å². The highest BCUT2D eigenvalue weighted by molar-refractivity contribution is 6.02. The van der Waals surface area contributed by atoms with Crippen LogP contribution in [-0.4, -0.2) is 119 Å². The summed E-state index contributed by atoms with van der Waals surface area (Å²) < 4.78 is 6.00. The number of piperazine rings is 2. The lowest BCUT2D eigenvalue weighted by molar-refractivity contribution is -0.206. The van der Waals surface area contributed by atoms with Crippen LogP contribution in [0.3, 0.4) is 0 Å². The molecule has 2 N–H and O–H groups in total. The smallest absolute Gasteiger partial charge is 0.232 e. The predicted octanol–water partition coefficient (Wildman–Crippen LogP) is 1.33. The third kappa shape index (κ3) is 6.11. The first-order chi connectivity index (χ1) is 20.2. The Morgan fingerprint density at radius 1 is 0.833 bits per heavy atom. The van der Waals surface area contributed by atoms with E-state index in [0.29, 0.717) is 71.7 Å². The van der Waals surface area contributed by atoms with Crippen LogP contribution >= 0.6 is 0 Å². The molecule has 1 aromatic carbocycles. The Morgan fingerprint density at radius 3 is 1.90 bits per heavy atom. The number of hydrogen-bond acceptors (Lipinski definition) is 10. The van der Waals surface area contributed by atoms with Gasteiger partial charge in [0.05, 0.1) is 11.8 Å². The van der Waals surface area contributed by atoms with Crippen molar-refractivity contribution >= 4 is 29.3 Å². The molecule has 0 spiro atoms. The molecule has 4 saturated heterocycles. The number of imide groups is 2. The quantitative estimate of drug-likeness (QED) is 0.411. The zero-order valence-electron chi connectivity index (χ0n) is 24.8. The van der Waals surface area contributed by atoms with Crippen LogP contribution in [0.2, 0.25) is 0 Å². The van der Waals surface area contributed by atoms with Gasteiger partial charge >= 0.3 is 0 Å². The lowest BCUT2D eigenvalue weighted by Gasteiger charge is -2.57. The molecule has 4 amide bonds. The normalized spacial score (nSPS) is 21.9. The number of hydrogen-bond donors (Lipinski definition) is 2. The van der Waals surface area contributed by atoms with Crippen molar-refractivity contribution in [3.8, 4) is 11.5 Å². The van der Waals surface area contributed by atoms with E-state index in [1.165, 1.54) is 9.80 Å². The molecule has 4 aliphatic heterocycles. The van der Waals surface area contributed by atoms with E-state index in [4.69, 9.17) is 4.74 Å².